The number of rotatable bonds is 2. The molecule has 1 aliphatic rings. The lowest BCUT2D eigenvalue weighted by Crippen LogP contribution is -2.06. The molecule has 2 nitrogen and oxygen atoms in total. The summed E-state index contributed by atoms with van der Waals surface area (Å²) in [5.74, 6) is 1.59. The van der Waals surface area contributed by atoms with Gasteiger partial charge in [0.25, 0.3) is 0 Å². The van der Waals surface area contributed by atoms with Crippen molar-refractivity contribution in [2.45, 2.75) is 26.3 Å². The molecule has 2 unspecified atom stereocenters. The molecule has 0 bridgehead atoms. The first-order chi connectivity index (χ1) is 6.16. The molecule has 2 rings (SSSR count). The highest BCUT2D eigenvalue weighted by molar-refractivity contribution is 6.32. The fourth-order valence-electron chi connectivity index (χ4n) is 1.34. The van der Waals surface area contributed by atoms with Crippen LogP contribution in [0, 0.1) is 12.8 Å². The van der Waals surface area contributed by atoms with E-state index in [1.54, 1.807) is 0 Å². The van der Waals surface area contributed by atoms with Gasteiger partial charge in [0.05, 0.1) is 5.02 Å². The van der Waals surface area contributed by atoms with Crippen LogP contribution in [-0.4, -0.2) is 11.0 Å². The summed E-state index contributed by atoms with van der Waals surface area (Å²) < 4.78 is 0. The Balaban J connectivity index is 2.14. The van der Waals surface area contributed by atoms with Crippen molar-refractivity contribution in [1.29, 1.82) is 0 Å². The van der Waals surface area contributed by atoms with Crippen molar-refractivity contribution in [3.05, 3.63) is 22.8 Å². The lowest BCUT2D eigenvalue weighted by Gasteiger charge is -2.06. The Morgan fingerprint density at radius 3 is 2.85 bits per heavy atom. The number of hydrogen-bond acceptors (Lipinski definition) is 2. The summed E-state index contributed by atoms with van der Waals surface area (Å²) in [7, 11) is 0. The number of aryl methyl sites for hydroxylation is 1. The maximum absolute atomic E-state index is 5.99. The third kappa shape index (κ3) is 1.94. The quantitative estimate of drug-likeness (QED) is 0.787. The van der Waals surface area contributed by atoms with Gasteiger partial charge in [-0.25, -0.2) is 4.98 Å². The number of nitrogens with zero attached hydrogens (tertiary/aromatic N) is 1. The minimum absolute atomic E-state index is 0.576. The van der Waals surface area contributed by atoms with Gasteiger partial charge in [-0.05, 0) is 31.4 Å². The van der Waals surface area contributed by atoms with Gasteiger partial charge in [-0.3, -0.25) is 0 Å². The molecule has 1 saturated carbocycles. The smallest absolute Gasteiger partial charge is 0.145 e. The van der Waals surface area contributed by atoms with Crippen LogP contribution in [0.1, 0.15) is 19.0 Å². The molecule has 1 N–H and O–H groups in total. The minimum atomic E-state index is 0.576. The van der Waals surface area contributed by atoms with Crippen molar-refractivity contribution in [3.8, 4) is 0 Å². The van der Waals surface area contributed by atoms with Crippen molar-refractivity contribution in [2.24, 2.45) is 5.92 Å². The van der Waals surface area contributed by atoms with Gasteiger partial charge in [-0.1, -0.05) is 18.5 Å². The lowest BCUT2D eigenvalue weighted by molar-refractivity contribution is 0.922. The summed E-state index contributed by atoms with van der Waals surface area (Å²) in [5.41, 5.74) is 1.00. The fraction of sp³-hybridized carbons (Fsp3) is 0.500. The van der Waals surface area contributed by atoms with Crippen molar-refractivity contribution < 1.29 is 0 Å². The highest BCUT2D eigenvalue weighted by Gasteiger charge is 2.33. The Labute approximate surface area is 83.3 Å². The monoisotopic (exact) mass is 196 g/mol. The largest absolute Gasteiger partial charge is 0.366 e. The van der Waals surface area contributed by atoms with Gasteiger partial charge >= 0.3 is 0 Å². The zero-order valence-corrected chi connectivity index (χ0v) is 8.60. The molecular formula is C10H13ClN2. The fourth-order valence-corrected chi connectivity index (χ4v) is 1.50. The molecule has 0 aromatic carbocycles. The Kier molecular flexibility index (Phi) is 2.16. The summed E-state index contributed by atoms with van der Waals surface area (Å²) in [6.07, 6.45) is 1.23. The summed E-state index contributed by atoms with van der Waals surface area (Å²) >= 11 is 5.99. The Morgan fingerprint density at radius 2 is 2.23 bits per heavy atom. The van der Waals surface area contributed by atoms with Crippen LogP contribution in [0.4, 0.5) is 5.82 Å². The van der Waals surface area contributed by atoms with Crippen LogP contribution < -0.4 is 5.32 Å². The maximum atomic E-state index is 5.99. The van der Waals surface area contributed by atoms with E-state index >= 15 is 0 Å². The zero-order valence-electron chi connectivity index (χ0n) is 7.84. The highest BCUT2D eigenvalue weighted by Crippen LogP contribution is 2.33. The number of nitrogens with one attached hydrogen (secondary N) is 1. The van der Waals surface area contributed by atoms with E-state index in [0.717, 1.165) is 17.4 Å². The molecule has 0 spiro atoms. The average molecular weight is 197 g/mol. The molecule has 13 heavy (non-hydrogen) atoms. The van der Waals surface area contributed by atoms with E-state index in [9.17, 15) is 0 Å². The molecule has 3 heteroatoms. The normalized spacial score (nSPS) is 25.8. The minimum Gasteiger partial charge on any atom is -0.366 e. The summed E-state index contributed by atoms with van der Waals surface area (Å²) in [6.45, 7) is 4.19. The third-order valence-electron chi connectivity index (χ3n) is 2.42. The Morgan fingerprint density at radius 1 is 1.54 bits per heavy atom. The second-order valence-corrected chi connectivity index (χ2v) is 4.15. The van der Waals surface area contributed by atoms with Gasteiger partial charge in [0.15, 0.2) is 0 Å². The third-order valence-corrected chi connectivity index (χ3v) is 2.72. The standard InChI is InChI=1S/C10H13ClN2/c1-6-5-9(6)13-10-8(11)4-3-7(2)12-10/h3-4,6,9H,5H2,1-2H3,(H,12,13). The van der Waals surface area contributed by atoms with E-state index in [4.69, 9.17) is 11.6 Å². The molecule has 0 amide bonds. The van der Waals surface area contributed by atoms with Crippen LogP contribution in [0.25, 0.3) is 0 Å². The van der Waals surface area contributed by atoms with Crippen molar-refractivity contribution in [3.63, 3.8) is 0 Å². The number of aromatic nitrogens is 1. The predicted octanol–water partition coefficient (Wildman–Crippen LogP) is 2.86. The van der Waals surface area contributed by atoms with Crippen LogP contribution in [0.3, 0.4) is 0 Å². The van der Waals surface area contributed by atoms with Gasteiger partial charge in [-0.2, -0.15) is 0 Å². The molecule has 0 aliphatic heterocycles. The molecule has 1 aliphatic carbocycles. The molecular weight excluding hydrogens is 184 g/mol. The first kappa shape index (κ1) is 8.82. The van der Waals surface area contributed by atoms with Gasteiger partial charge in [0.1, 0.15) is 5.82 Å². The zero-order chi connectivity index (χ0) is 9.42. The van der Waals surface area contributed by atoms with Gasteiger partial charge in [0, 0.05) is 11.7 Å². The molecule has 1 aromatic heterocycles. The SMILES string of the molecule is Cc1ccc(Cl)c(NC2CC2C)n1. The Hall–Kier alpha value is -0.760. The van der Waals surface area contributed by atoms with E-state index in [2.05, 4.69) is 17.2 Å². The molecule has 0 saturated heterocycles. The van der Waals surface area contributed by atoms with Crippen molar-refractivity contribution in [2.75, 3.05) is 5.32 Å². The van der Waals surface area contributed by atoms with E-state index in [0.29, 0.717) is 11.1 Å². The maximum Gasteiger partial charge on any atom is 0.145 e. The number of halogens is 1. The number of anilines is 1. The second kappa shape index (κ2) is 3.18. The number of hydrogen-bond donors (Lipinski definition) is 1. The molecule has 2 atom stereocenters. The number of pyridine rings is 1. The molecule has 1 fully saturated rings. The predicted molar refractivity (Wildman–Crippen MR) is 55.2 cm³/mol. The first-order valence-electron chi connectivity index (χ1n) is 4.56. The van der Waals surface area contributed by atoms with E-state index < -0.39 is 0 Å². The second-order valence-electron chi connectivity index (χ2n) is 3.75. The topological polar surface area (TPSA) is 24.9 Å². The van der Waals surface area contributed by atoms with Crippen LogP contribution in [-0.2, 0) is 0 Å². The van der Waals surface area contributed by atoms with E-state index in [1.165, 1.54) is 6.42 Å². The van der Waals surface area contributed by atoms with Crippen LogP contribution in [0.15, 0.2) is 12.1 Å². The molecule has 0 radical (unpaired) electrons. The molecule has 1 heterocycles. The van der Waals surface area contributed by atoms with Crippen LogP contribution in [0.5, 0.6) is 0 Å². The van der Waals surface area contributed by atoms with Crippen molar-refractivity contribution in [1.82, 2.24) is 4.98 Å². The van der Waals surface area contributed by atoms with Gasteiger partial charge in [0.2, 0.25) is 0 Å². The van der Waals surface area contributed by atoms with Crippen molar-refractivity contribution >= 4 is 17.4 Å². The summed E-state index contributed by atoms with van der Waals surface area (Å²) in [5, 5.41) is 4.04. The summed E-state index contributed by atoms with van der Waals surface area (Å²) in [6, 6.07) is 4.38. The molecule has 70 valence electrons. The highest BCUT2D eigenvalue weighted by atomic mass is 35.5. The van der Waals surface area contributed by atoms with Crippen LogP contribution >= 0.6 is 11.6 Å². The van der Waals surface area contributed by atoms with Crippen LogP contribution in [0.2, 0.25) is 5.02 Å². The van der Waals surface area contributed by atoms with Gasteiger partial charge in [-0.15, -0.1) is 0 Å². The first-order valence-corrected chi connectivity index (χ1v) is 4.94. The van der Waals surface area contributed by atoms with E-state index in [-0.39, 0.29) is 0 Å². The van der Waals surface area contributed by atoms with E-state index in [1.807, 2.05) is 19.1 Å². The summed E-state index contributed by atoms with van der Waals surface area (Å²) in [4.78, 5) is 4.34. The molecule has 1 aromatic rings. The Bertz CT molecular complexity index is 325. The average Bonchev–Trinajstić information content (AvgIpc) is 2.75. The van der Waals surface area contributed by atoms with Gasteiger partial charge < -0.3 is 5.32 Å². The lowest BCUT2D eigenvalue weighted by atomic mass is 10.3.